The van der Waals surface area contributed by atoms with Crippen molar-refractivity contribution in [1.29, 1.82) is 0 Å². The van der Waals surface area contributed by atoms with E-state index in [9.17, 15) is 53.0 Å². The van der Waals surface area contributed by atoms with Crippen LogP contribution >= 0.6 is 11.8 Å². The van der Waals surface area contributed by atoms with Crippen molar-refractivity contribution < 1.29 is 57.6 Å². The molecular weight excluding hydrogens is 515 g/mol. The van der Waals surface area contributed by atoms with E-state index in [-0.39, 0.29) is 0 Å². The Morgan fingerprint density at radius 2 is 1.39 bits per heavy atom. The van der Waals surface area contributed by atoms with Crippen LogP contribution in [0.3, 0.4) is 0 Å². The molecule has 1 fully saturated rings. The molecule has 1 aliphatic heterocycles. The van der Waals surface area contributed by atoms with Crippen LogP contribution in [-0.4, -0.2) is 47.1 Å². The SMILES string of the molecule is O=S(=O)(O)C(F)(F)C(F)(F)C(F)(F)C(F)(F)F.Oc1ccc(C2CCCS2)c2ccccc12. The molecule has 0 bridgehead atoms. The Labute approximate surface area is 185 Å². The first-order valence-electron chi connectivity index (χ1n) is 8.85. The van der Waals surface area contributed by atoms with Gasteiger partial charge in [0.25, 0.3) is 0 Å². The summed E-state index contributed by atoms with van der Waals surface area (Å²) in [6.07, 6.45) is -4.56. The van der Waals surface area contributed by atoms with Gasteiger partial charge in [-0.1, -0.05) is 30.3 Å². The minimum Gasteiger partial charge on any atom is -0.507 e. The molecule has 15 heteroatoms. The number of aromatic hydroxyl groups is 1. The molecule has 1 heterocycles. The first-order chi connectivity index (χ1) is 14.9. The van der Waals surface area contributed by atoms with E-state index in [0.717, 1.165) is 5.39 Å². The van der Waals surface area contributed by atoms with Crippen LogP contribution in [0.25, 0.3) is 10.8 Å². The van der Waals surface area contributed by atoms with Crippen LogP contribution in [0.5, 0.6) is 5.75 Å². The molecule has 2 aromatic rings. The predicted molar refractivity (Wildman–Crippen MR) is 102 cm³/mol. The number of phenols is 1. The third kappa shape index (κ3) is 4.99. The number of rotatable bonds is 4. The summed E-state index contributed by atoms with van der Waals surface area (Å²) in [5, 5.41) is 5.64. The molecule has 0 spiro atoms. The smallest absolute Gasteiger partial charge is 0.460 e. The van der Waals surface area contributed by atoms with Crippen LogP contribution < -0.4 is 0 Å². The quantitative estimate of drug-likeness (QED) is 0.353. The van der Waals surface area contributed by atoms with Gasteiger partial charge in [0, 0.05) is 10.6 Å². The number of thioether (sulfide) groups is 1. The fourth-order valence-electron chi connectivity index (χ4n) is 2.93. The minimum absolute atomic E-state index is 0.391. The molecule has 0 amide bonds. The fourth-order valence-corrected chi connectivity index (χ4v) is 4.72. The number of hydrogen-bond acceptors (Lipinski definition) is 4. The van der Waals surface area contributed by atoms with Gasteiger partial charge >= 0.3 is 33.4 Å². The number of alkyl halides is 9. The molecule has 0 aromatic heterocycles. The summed E-state index contributed by atoms with van der Waals surface area (Å²) in [6.45, 7) is 0. The maximum Gasteiger partial charge on any atom is 0.460 e. The van der Waals surface area contributed by atoms with Crippen molar-refractivity contribution in [3.8, 4) is 5.75 Å². The molecule has 1 aliphatic rings. The second-order valence-corrected chi connectivity index (χ2v) is 9.63. The van der Waals surface area contributed by atoms with Gasteiger partial charge in [-0.3, -0.25) is 4.55 Å². The van der Waals surface area contributed by atoms with Crippen LogP contribution in [0.4, 0.5) is 39.5 Å². The summed E-state index contributed by atoms with van der Waals surface area (Å²) in [7, 11) is -7.17. The van der Waals surface area contributed by atoms with Gasteiger partial charge in [0.2, 0.25) is 0 Å². The molecule has 2 N–H and O–H groups in total. The zero-order valence-corrected chi connectivity index (χ0v) is 17.7. The Kier molecular flexibility index (Phi) is 7.51. The first kappa shape index (κ1) is 27.4. The van der Waals surface area contributed by atoms with Gasteiger partial charge in [0.05, 0.1) is 0 Å². The largest absolute Gasteiger partial charge is 0.507 e. The Hall–Kier alpha value is -1.87. The highest BCUT2D eigenvalue weighted by Gasteiger charge is 2.85. The van der Waals surface area contributed by atoms with Crippen molar-refractivity contribution in [2.75, 3.05) is 5.75 Å². The van der Waals surface area contributed by atoms with E-state index in [0.29, 0.717) is 11.0 Å². The highest BCUT2D eigenvalue weighted by molar-refractivity contribution is 7.99. The lowest BCUT2D eigenvalue weighted by Crippen LogP contribution is -2.63. The van der Waals surface area contributed by atoms with Gasteiger partial charge in [-0.2, -0.15) is 59.7 Å². The van der Waals surface area contributed by atoms with E-state index in [2.05, 4.69) is 12.1 Å². The topological polar surface area (TPSA) is 74.6 Å². The van der Waals surface area contributed by atoms with E-state index in [1.165, 1.54) is 29.5 Å². The third-order valence-corrected chi connectivity index (χ3v) is 6.97. The Bertz CT molecular complexity index is 1100. The number of hydrogen-bond donors (Lipinski definition) is 2. The van der Waals surface area contributed by atoms with E-state index in [1.54, 1.807) is 0 Å². The van der Waals surface area contributed by atoms with Crippen molar-refractivity contribution in [2.24, 2.45) is 0 Å². The molecule has 33 heavy (non-hydrogen) atoms. The van der Waals surface area contributed by atoms with Gasteiger partial charge in [-0.15, -0.1) is 0 Å². The average Bonchev–Trinajstić information content (AvgIpc) is 3.21. The molecule has 2 aromatic carbocycles. The Morgan fingerprint density at radius 3 is 1.85 bits per heavy atom. The summed E-state index contributed by atoms with van der Waals surface area (Å²) >= 11 is 2.03. The Balaban J connectivity index is 0.000000233. The Morgan fingerprint density at radius 1 is 0.848 bits per heavy atom. The summed E-state index contributed by atoms with van der Waals surface area (Å²) in [5.41, 5.74) is 1.39. The van der Waals surface area contributed by atoms with Crippen molar-refractivity contribution in [3.63, 3.8) is 0 Å². The fraction of sp³-hybridized carbons (Fsp3) is 0.444. The lowest BCUT2D eigenvalue weighted by molar-refractivity contribution is -0.382. The number of phenolic OH excluding ortho intramolecular Hbond substituents is 1. The molecule has 186 valence electrons. The summed E-state index contributed by atoms with van der Waals surface area (Å²) in [5.74, 6) is -13.1. The standard InChI is InChI=1S/C14H14OS.C4HF9O3S/c15-13-8-7-12(14-6-3-9-16-14)10-4-1-2-5-11(10)13;5-1(6,3(9,10)11)2(7,8)4(12,13)17(14,15)16/h1-2,4-5,7-8,14-15H,3,6,9H2;(H,14,15,16). The van der Waals surface area contributed by atoms with Crippen LogP contribution in [-0.2, 0) is 10.1 Å². The first-order valence-corrected chi connectivity index (χ1v) is 11.3. The van der Waals surface area contributed by atoms with Gasteiger partial charge in [-0.25, -0.2) is 0 Å². The molecule has 0 radical (unpaired) electrons. The second-order valence-electron chi connectivity index (χ2n) is 6.86. The van der Waals surface area contributed by atoms with Crippen molar-refractivity contribution in [2.45, 2.75) is 41.4 Å². The molecule has 1 unspecified atom stereocenters. The van der Waals surface area contributed by atoms with Crippen LogP contribution in [0.2, 0.25) is 0 Å². The molecule has 3 rings (SSSR count). The monoisotopic (exact) mass is 530 g/mol. The molecule has 4 nitrogen and oxygen atoms in total. The lowest BCUT2D eigenvalue weighted by Gasteiger charge is -2.31. The summed E-state index contributed by atoms with van der Waals surface area (Å²) < 4.78 is 134. The summed E-state index contributed by atoms with van der Waals surface area (Å²) in [6, 6.07) is 12.0. The zero-order valence-electron chi connectivity index (χ0n) is 16.1. The molecular formula is C18H15F9O4S2. The van der Waals surface area contributed by atoms with Crippen molar-refractivity contribution in [1.82, 2.24) is 0 Å². The van der Waals surface area contributed by atoms with Gasteiger partial charge in [0.15, 0.2) is 0 Å². The number of benzene rings is 2. The molecule has 1 atom stereocenters. The highest BCUT2D eigenvalue weighted by Crippen LogP contribution is 2.54. The van der Waals surface area contributed by atoms with E-state index >= 15 is 0 Å². The normalized spacial score (nSPS) is 18.2. The molecule has 0 aliphatic carbocycles. The second kappa shape index (κ2) is 9.06. The lowest BCUT2D eigenvalue weighted by atomic mass is 9.99. The van der Waals surface area contributed by atoms with Gasteiger partial charge in [0.1, 0.15) is 5.75 Å². The predicted octanol–water partition coefficient (Wildman–Crippen LogP) is 6.41. The van der Waals surface area contributed by atoms with E-state index < -0.39 is 33.4 Å². The van der Waals surface area contributed by atoms with Gasteiger partial charge < -0.3 is 5.11 Å². The number of halogens is 9. The van der Waals surface area contributed by atoms with Crippen LogP contribution in [0.1, 0.15) is 23.7 Å². The van der Waals surface area contributed by atoms with Crippen molar-refractivity contribution in [3.05, 3.63) is 42.0 Å². The van der Waals surface area contributed by atoms with Crippen LogP contribution in [0.15, 0.2) is 36.4 Å². The molecule has 0 saturated carbocycles. The zero-order chi connectivity index (χ0) is 25.5. The number of fused-ring (bicyclic) bond motifs is 1. The minimum atomic E-state index is -7.37. The molecule has 1 saturated heterocycles. The summed E-state index contributed by atoms with van der Waals surface area (Å²) in [4.78, 5) is 0. The van der Waals surface area contributed by atoms with E-state index in [4.69, 9.17) is 4.55 Å². The maximum absolute atomic E-state index is 12.2. The van der Waals surface area contributed by atoms with E-state index in [1.807, 2.05) is 36.0 Å². The van der Waals surface area contributed by atoms with Crippen molar-refractivity contribution >= 4 is 32.7 Å². The average molecular weight is 530 g/mol. The maximum atomic E-state index is 12.2. The van der Waals surface area contributed by atoms with Gasteiger partial charge in [-0.05, 0) is 35.6 Å². The third-order valence-electron chi connectivity index (χ3n) is 4.65. The highest BCUT2D eigenvalue weighted by atomic mass is 32.2. The van der Waals surface area contributed by atoms with Crippen LogP contribution in [0, 0.1) is 0 Å².